The summed E-state index contributed by atoms with van der Waals surface area (Å²) < 4.78 is 2.15. The summed E-state index contributed by atoms with van der Waals surface area (Å²) in [6.07, 6.45) is 20.5. The van der Waals surface area contributed by atoms with Gasteiger partial charge in [0, 0.05) is 6.42 Å². The van der Waals surface area contributed by atoms with Crippen LogP contribution in [0.15, 0.2) is 17.1 Å². The van der Waals surface area contributed by atoms with Crippen molar-refractivity contribution in [2.45, 2.75) is 103 Å². The second-order valence-corrected chi connectivity index (χ2v) is 8.88. The Morgan fingerprint density at radius 1 is 0.885 bits per heavy atom. The van der Waals surface area contributed by atoms with Gasteiger partial charge in [-0.3, -0.25) is 4.79 Å². The van der Waals surface area contributed by atoms with Gasteiger partial charge in [-0.2, -0.15) is 4.57 Å². The van der Waals surface area contributed by atoms with E-state index in [0.29, 0.717) is 5.12 Å². The van der Waals surface area contributed by atoms with Crippen LogP contribution in [-0.4, -0.2) is 10.9 Å². The Labute approximate surface area is 186 Å². The zero-order valence-corrected chi connectivity index (χ0v) is 20.4. The number of carbonyl (C=O) groups excluding carboxylic acids is 1. The average molecular weight is 512 g/mol. The van der Waals surface area contributed by atoms with Gasteiger partial charge in [0.15, 0.2) is 17.9 Å². The van der Waals surface area contributed by atoms with Crippen molar-refractivity contribution in [2.75, 3.05) is 5.75 Å². The second kappa shape index (κ2) is 20.1. The smallest absolute Gasteiger partial charge is 0.224 e. The van der Waals surface area contributed by atoms with Crippen LogP contribution in [0.1, 0.15) is 96.8 Å². The van der Waals surface area contributed by atoms with Gasteiger partial charge in [0.1, 0.15) is 0 Å². The zero-order valence-electron chi connectivity index (χ0n) is 16.6. The van der Waals surface area contributed by atoms with Gasteiger partial charge in [-0.15, -0.1) is 0 Å². The molecule has 0 spiro atoms. The van der Waals surface area contributed by atoms with Crippen molar-refractivity contribution < 1.29 is 33.3 Å². The number of thiazole rings is 1. The van der Waals surface area contributed by atoms with Gasteiger partial charge in [0.25, 0.3) is 0 Å². The van der Waals surface area contributed by atoms with Crippen LogP contribution >= 0.6 is 23.1 Å². The van der Waals surface area contributed by atoms with Crippen LogP contribution < -0.4 is 28.5 Å². The molecule has 5 heteroatoms. The first-order valence-electron chi connectivity index (χ1n) is 10.4. The molecular weight excluding hydrogens is 473 g/mol. The van der Waals surface area contributed by atoms with Crippen molar-refractivity contribution in [2.24, 2.45) is 0 Å². The van der Waals surface area contributed by atoms with Gasteiger partial charge in [-0.05, 0) is 6.42 Å². The van der Waals surface area contributed by atoms with Gasteiger partial charge in [0.2, 0.25) is 5.51 Å². The lowest BCUT2D eigenvalue weighted by Crippen LogP contribution is -3.00. The number of rotatable bonds is 17. The van der Waals surface area contributed by atoms with E-state index in [1.165, 1.54) is 88.8 Å². The Kier molecular flexibility index (Phi) is 20.4. The van der Waals surface area contributed by atoms with Crippen molar-refractivity contribution in [3.63, 3.8) is 0 Å². The lowest BCUT2D eigenvalue weighted by atomic mass is 10.0. The van der Waals surface area contributed by atoms with Gasteiger partial charge in [-0.1, -0.05) is 107 Å². The minimum Gasteiger partial charge on any atom is -1.00 e. The van der Waals surface area contributed by atoms with Crippen LogP contribution in [0.2, 0.25) is 0 Å². The number of hydrogen-bond donors (Lipinski definition) is 0. The highest BCUT2D eigenvalue weighted by Crippen LogP contribution is 2.14. The fourth-order valence-electron chi connectivity index (χ4n) is 3.01. The molecule has 0 bridgehead atoms. The molecule has 0 N–H and O–H groups in total. The van der Waals surface area contributed by atoms with E-state index in [4.69, 9.17) is 0 Å². The first kappa shape index (κ1) is 26.4. The van der Waals surface area contributed by atoms with Crippen LogP contribution in [0.3, 0.4) is 0 Å². The Morgan fingerprint density at radius 2 is 1.42 bits per heavy atom. The molecule has 0 unspecified atom stereocenters. The highest BCUT2D eigenvalue weighted by Gasteiger charge is 2.05. The molecule has 26 heavy (non-hydrogen) atoms. The molecule has 0 aliphatic carbocycles. The van der Waals surface area contributed by atoms with Crippen molar-refractivity contribution in [3.8, 4) is 0 Å². The van der Waals surface area contributed by atoms with E-state index >= 15 is 0 Å². The van der Waals surface area contributed by atoms with Crippen LogP contribution in [0.5, 0.6) is 0 Å². The van der Waals surface area contributed by atoms with Crippen LogP contribution in [0.25, 0.3) is 0 Å². The quantitative estimate of drug-likeness (QED) is 0.180. The van der Waals surface area contributed by atoms with Crippen LogP contribution in [0.4, 0.5) is 0 Å². The minimum atomic E-state index is 0. The molecule has 0 amide bonds. The molecular formula is C21H38INOS2. The van der Waals surface area contributed by atoms with E-state index < -0.39 is 0 Å². The minimum absolute atomic E-state index is 0. The first-order valence-corrected chi connectivity index (χ1v) is 12.3. The maximum atomic E-state index is 11.8. The monoisotopic (exact) mass is 511 g/mol. The third-order valence-electron chi connectivity index (χ3n) is 4.62. The summed E-state index contributed by atoms with van der Waals surface area (Å²) >= 11 is 3.20. The number of aryl methyl sites for hydroxylation is 1. The largest absolute Gasteiger partial charge is 1.00 e. The molecule has 1 rings (SSSR count). The summed E-state index contributed by atoms with van der Waals surface area (Å²) in [5.74, 6) is 0.901. The topological polar surface area (TPSA) is 20.9 Å². The number of thioether (sulfide) groups is 1. The first-order chi connectivity index (χ1) is 12.3. The molecule has 0 fully saturated rings. The molecule has 0 saturated carbocycles. The van der Waals surface area contributed by atoms with E-state index in [1.54, 1.807) is 11.3 Å². The zero-order chi connectivity index (χ0) is 18.0. The molecule has 1 aromatic rings. The fraction of sp³-hybridized carbons (Fsp3) is 0.810. The lowest BCUT2D eigenvalue weighted by Gasteiger charge is -2.03. The number of halogens is 1. The number of hydrogen-bond acceptors (Lipinski definition) is 3. The molecule has 0 aliphatic rings. The molecule has 0 saturated heterocycles. The molecule has 1 heterocycles. The third kappa shape index (κ3) is 16.5. The molecule has 0 radical (unpaired) electrons. The fourth-order valence-corrected chi connectivity index (χ4v) is 4.46. The Balaban J connectivity index is 0.00000625. The normalized spacial score (nSPS) is 10.7. The van der Waals surface area contributed by atoms with E-state index in [0.717, 1.165) is 25.1 Å². The molecule has 0 aromatic carbocycles. The molecule has 0 atom stereocenters. The summed E-state index contributed by atoms with van der Waals surface area (Å²) in [5.41, 5.74) is 2.09. The standard InChI is InChI=1S/C21H38NOS2.HI/c1-2-3-4-5-6-7-8-9-10-11-12-13-14-15-21(23)25-19-17-22-16-18-24-20-22;/h16,18,20H,2-15,17,19H2,1H3;1H/q+1;/p-1. The Bertz CT molecular complexity index is 412. The molecule has 0 aliphatic heterocycles. The maximum absolute atomic E-state index is 11.8. The Morgan fingerprint density at radius 3 is 1.92 bits per heavy atom. The van der Waals surface area contributed by atoms with Crippen molar-refractivity contribution in [3.05, 3.63) is 17.1 Å². The Hall–Kier alpha value is 0.380. The molecule has 152 valence electrons. The van der Waals surface area contributed by atoms with E-state index in [2.05, 4.69) is 28.6 Å². The predicted octanol–water partition coefficient (Wildman–Crippen LogP) is 3.78. The number of carbonyl (C=O) groups is 1. The summed E-state index contributed by atoms with van der Waals surface area (Å²) in [5, 5.41) is 2.44. The van der Waals surface area contributed by atoms with Gasteiger partial charge >= 0.3 is 0 Å². The summed E-state index contributed by atoms with van der Waals surface area (Å²) in [6, 6.07) is 0. The number of nitrogens with zero attached hydrogens (tertiary/aromatic N) is 1. The van der Waals surface area contributed by atoms with E-state index in [1.807, 2.05) is 0 Å². The summed E-state index contributed by atoms with van der Waals surface area (Å²) in [7, 11) is 0. The van der Waals surface area contributed by atoms with Crippen molar-refractivity contribution >= 4 is 28.2 Å². The molecule has 2 nitrogen and oxygen atoms in total. The van der Waals surface area contributed by atoms with Crippen molar-refractivity contribution in [1.29, 1.82) is 0 Å². The summed E-state index contributed by atoms with van der Waals surface area (Å²) in [4.78, 5) is 11.8. The van der Waals surface area contributed by atoms with E-state index in [9.17, 15) is 4.79 Å². The highest BCUT2D eigenvalue weighted by molar-refractivity contribution is 8.13. The van der Waals surface area contributed by atoms with Crippen LogP contribution in [0, 0.1) is 0 Å². The number of unbranched alkanes of at least 4 members (excludes halogenated alkanes) is 12. The maximum Gasteiger partial charge on any atom is 0.224 e. The lowest BCUT2D eigenvalue weighted by molar-refractivity contribution is -0.687. The SMILES string of the molecule is CCCCCCCCCCCCCCCC(=O)SCC[n+]1ccsc1.[I-]. The van der Waals surface area contributed by atoms with Crippen LogP contribution in [-0.2, 0) is 11.3 Å². The molecule has 1 aromatic heterocycles. The van der Waals surface area contributed by atoms with Gasteiger partial charge in [-0.25, -0.2) is 0 Å². The van der Waals surface area contributed by atoms with Gasteiger partial charge in [0.05, 0.1) is 11.1 Å². The van der Waals surface area contributed by atoms with E-state index in [-0.39, 0.29) is 24.0 Å². The average Bonchev–Trinajstić information content (AvgIpc) is 3.12. The van der Waals surface area contributed by atoms with Gasteiger partial charge < -0.3 is 24.0 Å². The van der Waals surface area contributed by atoms with Crippen molar-refractivity contribution in [1.82, 2.24) is 0 Å². The number of aromatic nitrogens is 1. The third-order valence-corrected chi connectivity index (χ3v) is 6.21. The summed E-state index contributed by atoms with van der Waals surface area (Å²) in [6.45, 7) is 3.22. The highest BCUT2D eigenvalue weighted by atomic mass is 127. The predicted molar refractivity (Wildman–Crippen MR) is 112 cm³/mol. The second-order valence-electron chi connectivity index (χ2n) is 6.98.